The average Bonchev–Trinajstić information content (AvgIpc) is 2.32. The van der Waals surface area contributed by atoms with Crippen LogP contribution in [0.25, 0.3) is 0 Å². The fourth-order valence-corrected chi connectivity index (χ4v) is 2.58. The summed E-state index contributed by atoms with van der Waals surface area (Å²) in [5.74, 6) is -0.118. The maximum absolute atomic E-state index is 11.0. The Bertz CT molecular complexity index is 646. The molecule has 0 bridgehead atoms. The molecule has 0 fully saturated rings. The minimum atomic E-state index is -0.554. The third kappa shape index (κ3) is 2.82. The highest BCUT2D eigenvalue weighted by Gasteiger charge is 2.22. The molecule has 2 aromatic rings. The molecule has 2 rings (SSSR count). The highest BCUT2D eigenvalue weighted by molar-refractivity contribution is 7.99. The van der Waals surface area contributed by atoms with Crippen molar-refractivity contribution in [3.63, 3.8) is 0 Å². The van der Waals surface area contributed by atoms with Gasteiger partial charge in [-0.3, -0.25) is 10.1 Å². The number of nitrogen functional groups attached to an aromatic ring is 1. The summed E-state index contributed by atoms with van der Waals surface area (Å²) >= 11 is 1.22. The van der Waals surface area contributed by atoms with Gasteiger partial charge in [-0.2, -0.15) is 0 Å². The molecule has 1 aromatic heterocycles. The lowest BCUT2D eigenvalue weighted by Crippen LogP contribution is -2.01. The Hall–Kier alpha value is -2.15. The number of rotatable bonds is 3. The number of hydrogen-bond donors (Lipinski definition) is 1. The van der Waals surface area contributed by atoms with Crippen molar-refractivity contribution in [2.24, 2.45) is 0 Å². The van der Waals surface area contributed by atoms with Crippen LogP contribution in [-0.4, -0.2) is 14.9 Å². The number of aromatic nitrogens is 2. The third-order valence-corrected chi connectivity index (χ3v) is 3.71. The number of aryl methyl sites for hydroxylation is 2. The van der Waals surface area contributed by atoms with Crippen LogP contribution >= 0.6 is 11.8 Å². The molecule has 2 N–H and O–H groups in total. The van der Waals surface area contributed by atoms with E-state index in [4.69, 9.17) is 5.73 Å². The second-order valence-electron chi connectivity index (χ2n) is 4.04. The van der Waals surface area contributed by atoms with Crippen LogP contribution in [0.1, 0.15) is 11.1 Å². The molecule has 6 nitrogen and oxygen atoms in total. The summed E-state index contributed by atoms with van der Waals surface area (Å²) in [6, 6.07) is 5.88. The summed E-state index contributed by atoms with van der Waals surface area (Å²) < 4.78 is 0. The first-order valence-corrected chi connectivity index (χ1v) is 6.30. The lowest BCUT2D eigenvalue weighted by Gasteiger charge is -2.06. The Labute approximate surface area is 114 Å². The van der Waals surface area contributed by atoms with E-state index in [0.717, 1.165) is 16.0 Å². The van der Waals surface area contributed by atoms with Crippen LogP contribution in [0.5, 0.6) is 0 Å². The van der Waals surface area contributed by atoms with Gasteiger partial charge < -0.3 is 5.73 Å². The predicted octanol–water partition coefficient (Wildman–Crippen LogP) is 2.74. The van der Waals surface area contributed by atoms with Gasteiger partial charge in [0.05, 0.1) is 4.92 Å². The van der Waals surface area contributed by atoms with Crippen LogP contribution in [0.4, 0.5) is 11.5 Å². The van der Waals surface area contributed by atoms with E-state index < -0.39 is 4.92 Å². The van der Waals surface area contributed by atoms with Gasteiger partial charge >= 0.3 is 5.69 Å². The monoisotopic (exact) mass is 276 g/mol. The summed E-state index contributed by atoms with van der Waals surface area (Å²) in [6.45, 7) is 3.94. The normalized spacial score (nSPS) is 10.4. The highest BCUT2D eigenvalue weighted by atomic mass is 32.2. The summed E-state index contributed by atoms with van der Waals surface area (Å²) in [5, 5.41) is 11.3. The summed E-state index contributed by atoms with van der Waals surface area (Å²) in [6.07, 6.45) is 1.23. The van der Waals surface area contributed by atoms with Crippen LogP contribution in [-0.2, 0) is 0 Å². The van der Waals surface area contributed by atoms with Crippen molar-refractivity contribution >= 4 is 23.3 Å². The molecule has 98 valence electrons. The molecule has 0 saturated heterocycles. The van der Waals surface area contributed by atoms with Gasteiger partial charge in [-0.25, -0.2) is 9.97 Å². The predicted molar refractivity (Wildman–Crippen MR) is 73.1 cm³/mol. The zero-order valence-electron chi connectivity index (χ0n) is 10.5. The Morgan fingerprint density at radius 3 is 2.68 bits per heavy atom. The van der Waals surface area contributed by atoms with E-state index in [2.05, 4.69) is 9.97 Å². The number of nitrogens with zero attached hydrogens (tertiary/aromatic N) is 3. The van der Waals surface area contributed by atoms with Gasteiger partial charge in [0.2, 0.25) is 5.82 Å². The quantitative estimate of drug-likeness (QED) is 0.526. The number of benzene rings is 1. The minimum Gasteiger partial charge on any atom is -0.378 e. The smallest absolute Gasteiger partial charge is 0.343 e. The number of anilines is 1. The van der Waals surface area contributed by atoms with Crippen LogP contribution < -0.4 is 5.73 Å². The Kier molecular flexibility index (Phi) is 3.66. The van der Waals surface area contributed by atoms with E-state index in [-0.39, 0.29) is 16.5 Å². The van der Waals surface area contributed by atoms with E-state index in [1.807, 2.05) is 32.0 Å². The molecule has 0 spiro atoms. The van der Waals surface area contributed by atoms with Crippen LogP contribution in [0.2, 0.25) is 0 Å². The minimum absolute atomic E-state index is 0.118. The van der Waals surface area contributed by atoms with Gasteiger partial charge in [0.15, 0.2) is 5.03 Å². The lowest BCUT2D eigenvalue weighted by atomic mass is 10.2. The summed E-state index contributed by atoms with van der Waals surface area (Å²) in [5.41, 5.74) is 7.46. The van der Waals surface area contributed by atoms with Gasteiger partial charge in [-0.15, -0.1) is 0 Å². The summed E-state index contributed by atoms with van der Waals surface area (Å²) in [4.78, 5) is 19.0. The molecular weight excluding hydrogens is 264 g/mol. The Morgan fingerprint density at radius 1 is 1.32 bits per heavy atom. The van der Waals surface area contributed by atoms with E-state index in [0.29, 0.717) is 0 Å². The van der Waals surface area contributed by atoms with Crippen molar-refractivity contribution in [3.05, 3.63) is 45.8 Å². The number of nitrogens with two attached hydrogens (primary N) is 1. The van der Waals surface area contributed by atoms with Gasteiger partial charge in [-0.05, 0) is 25.5 Å². The molecule has 0 radical (unpaired) electrons. The Balaban J connectivity index is 2.44. The number of nitro groups is 1. The molecule has 19 heavy (non-hydrogen) atoms. The average molecular weight is 276 g/mol. The van der Waals surface area contributed by atoms with Crippen molar-refractivity contribution in [1.29, 1.82) is 0 Å². The van der Waals surface area contributed by atoms with Gasteiger partial charge in [0.25, 0.3) is 0 Å². The molecular formula is C12H12N4O2S. The molecule has 0 amide bonds. The molecule has 0 aliphatic heterocycles. The van der Waals surface area contributed by atoms with Gasteiger partial charge in [0.1, 0.15) is 6.33 Å². The van der Waals surface area contributed by atoms with Crippen LogP contribution in [0.3, 0.4) is 0 Å². The zero-order chi connectivity index (χ0) is 14.0. The van der Waals surface area contributed by atoms with Crippen LogP contribution in [0.15, 0.2) is 34.4 Å². The van der Waals surface area contributed by atoms with Crippen molar-refractivity contribution in [2.45, 2.75) is 23.8 Å². The number of hydrogen-bond acceptors (Lipinski definition) is 6. The lowest BCUT2D eigenvalue weighted by molar-refractivity contribution is -0.387. The fourth-order valence-electron chi connectivity index (χ4n) is 1.64. The first-order valence-electron chi connectivity index (χ1n) is 5.49. The Morgan fingerprint density at radius 2 is 2.05 bits per heavy atom. The molecule has 1 heterocycles. The molecule has 0 aliphatic rings. The molecule has 0 aliphatic carbocycles. The molecule has 0 unspecified atom stereocenters. The SMILES string of the molecule is Cc1ccc(Sc2ncnc(N)c2[N+](=O)[O-])c(C)c1. The maximum atomic E-state index is 11.0. The fraction of sp³-hybridized carbons (Fsp3) is 0.167. The molecule has 7 heteroatoms. The highest BCUT2D eigenvalue weighted by Crippen LogP contribution is 2.36. The molecule has 0 atom stereocenters. The van der Waals surface area contributed by atoms with E-state index in [1.165, 1.54) is 18.1 Å². The van der Waals surface area contributed by atoms with E-state index in [1.54, 1.807) is 0 Å². The van der Waals surface area contributed by atoms with E-state index >= 15 is 0 Å². The topological polar surface area (TPSA) is 94.9 Å². The maximum Gasteiger partial charge on any atom is 0.343 e. The zero-order valence-corrected chi connectivity index (χ0v) is 11.3. The first kappa shape index (κ1) is 13.3. The molecule has 1 aromatic carbocycles. The van der Waals surface area contributed by atoms with Crippen molar-refractivity contribution in [2.75, 3.05) is 5.73 Å². The second-order valence-corrected chi connectivity index (χ2v) is 5.07. The third-order valence-electron chi connectivity index (χ3n) is 2.54. The van der Waals surface area contributed by atoms with Crippen molar-refractivity contribution in [3.8, 4) is 0 Å². The van der Waals surface area contributed by atoms with E-state index in [9.17, 15) is 10.1 Å². The molecule has 0 saturated carbocycles. The van der Waals surface area contributed by atoms with Gasteiger partial charge in [0, 0.05) is 4.90 Å². The summed E-state index contributed by atoms with van der Waals surface area (Å²) in [7, 11) is 0. The van der Waals surface area contributed by atoms with Crippen molar-refractivity contribution in [1.82, 2.24) is 9.97 Å². The van der Waals surface area contributed by atoms with Crippen molar-refractivity contribution < 1.29 is 4.92 Å². The standard InChI is InChI=1S/C12H12N4O2S/c1-7-3-4-9(8(2)5-7)19-12-10(16(17)18)11(13)14-6-15-12/h3-6H,1-2H3,(H2,13,14,15). The first-order chi connectivity index (χ1) is 8.99. The largest absolute Gasteiger partial charge is 0.378 e. The van der Waals surface area contributed by atoms with Crippen LogP contribution in [0, 0.1) is 24.0 Å². The second kappa shape index (κ2) is 5.23. The van der Waals surface area contributed by atoms with Gasteiger partial charge in [-0.1, -0.05) is 29.5 Å².